The van der Waals surface area contributed by atoms with Gasteiger partial charge in [0.05, 0.1) is 29.3 Å². The zero-order valence-corrected chi connectivity index (χ0v) is 28.5. The van der Waals surface area contributed by atoms with Gasteiger partial charge in [0.25, 0.3) is 15.9 Å². The molecule has 0 saturated heterocycles. The van der Waals surface area contributed by atoms with E-state index in [1.54, 1.807) is 25.1 Å². The minimum Gasteiger partial charge on any atom is -0.493 e. The van der Waals surface area contributed by atoms with Gasteiger partial charge in [-0.3, -0.25) is 9.78 Å². The van der Waals surface area contributed by atoms with Crippen LogP contribution in [0.5, 0.6) is 11.5 Å². The number of amides is 1. The van der Waals surface area contributed by atoms with Crippen molar-refractivity contribution in [3.05, 3.63) is 101 Å². The van der Waals surface area contributed by atoms with E-state index in [-0.39, 0.29) is 27.8 Å². The zero-order valence-electron chi connectivity index (χ0n) is 27.7. The summed E-state index contributed by atoms with van der Waals surface area (Å²) < 4.78 is 55.4. The molecule has 5 rings (SSSR count). The Labute approximate surface area is 276 Å². The van der Waals surface area contributed by atoms with E-state index in [2.05, 4.69) is 30.5 Å². The second kappa shape index (κ2) is 13.8. The largest absolute Gasteiger partial charge is 0.493 e. The first-order chi connectivity index (χ1) is 22.2. The lowest BCUT2D eigenvalue weighted by Gasteiger charge is -2.28. The maximum absolute atomic E-state index is 14.7. The molecular formula is C37H42FN3O5S. The number of halogens is 1. The van der Waals surface area contributed by atoms with Crippen molar-refractivity contribution >= 4 is 15.9 Å². The van der Waals surface area contributed by atoms with Crippen molar-refractivity contribution in [1.29, 1.82) is 0 Å². The fourth-order valence-electron chi connectivity index (χ4n) is 6.27. The quantitative estimate of drug-likeness (QED) is 0.175. The highest BCUT2D eigenvalue weighted by atomic mass is 32.2. The SMILES string of the molecule is Cc1nc(S(=O)(=O)NC(=O)c2ccc(-c3cc(F)cc(OCC(C)C)c3)nc2C2C[C@@H](C)CC2(C)C)ccc1OCc1ccccc1. The second-order valence-electron chi connectivity index (χ2n) is 13.5. The number of nitrogens with one attached hydrogen (secondary N) is 1. The van der Waals surface area contributed by atoms with Gasteiger partial charge in [-0.05, 0) is 79.0 Å². The number of nitrogens with zero attached hydrogens (tertiary/aromatic N) is 2. The number of hydrogen-bond donors (Lipinski definition) is 1. The Balaban J connectivity index is 1.44. The topological polar surface area (TPSA) is 107 Å². The van der Waals surface area contributed by atoms with Gasteiger partial charge < -0.3 is 9.47 Å². The van der Waals surface area contributed by atoms with Crippen LogP contribution in [0, 0.1) is 30.0 Å². The van der Waals surface area contributed by atoms with Crippen LogP contribution in [0.2, 0.25) is 0 Å². The molecule has 1 aliphatic carbocycles. The molecule has 0 spiro atoms. The molecule has 2 heterocycles. The third kappa shape index (κ3) is 8.16. The van der Waals surface area contributed by atoms with E-state index in [4.69, 9.17) is 14.5 Å². The van der Waals surface area contributed by atoms with Gasteiger partial charge in [0.2, 0.25) is 0 Å². The van der Waals surface area contributed by atoms with Crippen molar-refractivity contribution in [3.8, 4) is 22.8 Å². The number of ether oxygens (including phenoxy) is 2. The minimum atomic E-state index is -4.34. The average Bonchev–Trinajstić information content (AvgIpc) is 3.30. The summed E-state index contributed by atoms with van der Waals surface area (Å²) in [5.74, 6) is 0.0582. The zero-order chi connectivity index (χ0) is 33.9. The molecule has 0 radical (unpaired) electrons. The number of pyridine rings is 2. The lowest BCUT2D eigenvalue weighted by Crippen LogP contribution is -2.33. The Kier molecular flexibility index (Phi) is 10.0. The normalized spacial score (nSPS) is 17.4. The third-order valence-corrected chi connectivity index (χ3v) is 9.69. The molecule has 4 aromatic rings. The number of aryl methyl sites for hydroxylation is 1. The second-order valence-corrected chi connectivity index (χ2v) is 15.2. The van der Waals surface area contributed by atoms with Crippen molar-refractivity contribution in [3.63, 3.8) is 0 Å². The Morgan fingerprint density at radius 1 is 1.02 bits per heavy atom. The summed E-state index contributed by atoms with van der Waals surface area (Å²) in [5, 5.41) is -0.301. The van der Waals surface area contributed by atoms with Crippen LogP contribution >= 0.6 is 0 Å². The van der Waals surface area contributed by atoms with Crippen molar-refractivity contribution in [2.45, 2.75) is 71.9 Å². The highest BCUT2D eigenvalue weighted by Gasteiger charge is 2.42. The predicted octanol–water partition coefficient (Wildman–Crippen LogP) is 7.86. The first-order valence-corrected chi connectivity index (χ1v) is 17.4. The molecule has 2 aromatic heterocycles. The van der Waals surface area contributed by atoms with E-state index < -0.39 is 21.7 Å². The van der Waals surface area contributed by atoms with Gasteiger partial charge in [0, 0.05) is 17.5 Å². The Hall–Kier alpha value is -4.31. The molecule has 10 heteroatoms. The van der Waals surface area contributed by atoms with Crippen molar-refractivity contribution in [1.82, 2.24) is 14.7 Å². The van der Waals surface area contributed by atoms with Crippen LogP contribution in [0.4, 0.5) is 4.39 Å². The van der Waals surface area contributed by atoms with Gasteiger partial charge in [-0.25, -0.2) is 14.1 Å². The number of aromatic nitrogens is 2. The van der Waals surface area contributed by atoms with Gasteiger partial charge in [-0.2, -0.15) is 8.42 Å². The highest BCUT2D eigenvalue weighted by Crippen LogP contribution is 2.52. The number of hydrogen-bond acceptors (Lipinski definition) is 7. The number of benzene rings is 2. The summed E-state index contributed by atoms with van der Waals surface area (Å²) >= 11 is 0. The molecule has 0 bridgehead atoms. The van der Waals surface area contributed by atoms with E-state index in [0.717, 1.165) is 18.4 Å². The molecule has 2 atom stereocenters. The van der Waals surface area contributed by atoms with E-state index in [0.29, 0.717) is 53.3 Å². The van der Waals surface area contributed by atoms with Crippen LogP contribution in [-0.2, 0) is 16.6 Å². The Bertz CT molecular complexity index is 1860. The van der Waals surface area contributed by atoms with Gasteiger partial charge >= 0.3 is 0 Å². The van der Waals surface area contributed by atoms with Gasteiger partial charge in [-0.15, -0.1) is 0 Å². The first kappa shape index (κ1) is 34.0. The molecule has 0 aliphatic heterocycles. The van der Waals surface area contributed by atoms with Crippen molar-refractivity contribution in [2.75, 3.05) is 6.61 Å². The van der Waals surface area contributed by atoms with Crippen molar-refractivity contribution in [2.24, 2.45) is 17.3 Å². The smallest absolute Gasteiger partial charge is 0.281 e. The molecule has 1 saturated carbocycles. The van der Waals surface area contributed by atoms with Crippen LogP contribution in [0.25, 0.3) is 11.3 Å². The first-order valence-electron chi connectivity index (χ1n) is 15.9. The molecule has 1 unspecified atom stereocenters. The molecule has 248 valence electrons. The number of carbonyl (C=O) groups is 1. The highest BCUT2D eigenvalue weighted by molar-refractivity contribution is 7.90. The Morgan fingerprint density at radius 2 is 1.77 bits per heavy atom. The van der Waals surface area contributed by atoms with Crippen molar-refractivity contribution < 1.29 is 27.1 Å². The van der Waals surface area contributed by atoms with Gasteiger partial charge in [0.15, 0.2) is 5.03 Å². The monoisotopic (exact) mass is 659 g/mol. The lowest BCUT2D eigenvalue weighted by atomic mass is 9.78. The number of carbonyl (C=O) groups excluding carboxylic acids is 1. The van der Waals surface area contributed by atoms with Gasteiger partial charge in [-0.1, -0.05) is 65.0 Å². The van der Waals surface area contributed by atoms with E-state index in [1.165, 1.54) is 24.3 Å². The average molecular weight is 660 g/mol. The summed E-state index contributed by atoms with van der Waals surface area (Å²) in [6.07, 6.45) is 1.69. The summed E-state index contributed by atoms with van der Waals surface area (Å²) in [4.78, 5) is 22.9. The van der Waals surface area contributed by atoms with E-state index >= 15 is 0 Å². The predicted molar refractivity (Wildman–Crippen MR) is 179 cm³/mol. The minimum absolute atomic E-state index is 0.132. The molecular weight excluding hydrogens is 617 g/mol. The molecule has 1 N–H and O–H groups in total. The molecule has 1 amide bonds. The van der Waals surface area contributed by atoms with E-state index in [9.17, 15) is 17.6 Å². The lowest BCUT2D eigenvalue weighted by molar-refractivity contribution is 0.0978. The van der Waals surface area contributed by atoms with Crippen LogP contribution in [-0.4, -0.2) is 30.9 Å². The molecule has 1 aliphatic rings. The Morgan fingerprint density at radius 3 is 2.43 bits per heavy atom. The summed E-state index contributed by atoms with van der Waals surface area (Å²) in [7, 11) is -4.34. The maximum atomic E-state index is 14.7. The van der Waals surface area contributed by atoms with Gasteiger partial charge in [0.1, 0.15) is 23.9 Å². The van der Waals surface area contributed by atoms with Crippen LogP contribution in [0.15, 0.2) is 77.8 Å². The fraction of sp³-hybridized carbons (Fsp3) is 0.378. The van der Waals surface area contributed by atoms with Crippen LogP contribution in [0.3, 0.4) is 0 Å². The van der Waals surface area contributed by atoms with E-state index in [1.807, 2.05) is 44.2 Å². The van der Waals surface area contributed by atoms with Crippen LogP contribution in [0.1, 0.15) is 80.7 Å². The molecule has 2 aromatic carbocycles. The number of sulfonamides is 1. The maximum Gasteiger partial charge on any atom is 0.281 e. The molecule has 8 nitrogen and oxygen atoms in total. The van der Waals surface area contributed by atoms with Crippen LogP contribution < -0.4 is 14.2 Å². The molecule has 47 heavy (non-hydrogen) atoms. The summed E-state index contributed by atoms with van der Waals surface area (Å²) in [6, 6.07) is 20.1. The standard InChI is InChI=1S/C37H42FN3O5S/c1-23(2)21-45-29-18-27(17-28(38)19-29)32-13-12-30(35(40-32)31-16-24(3)20-37(31,5)6)36(42)41-47(43,44)34-15-14-33(25(4)39-34)46-22-26-10-8-7-9-11-26/h7-15,17-19,23-24,31H,16,20-22H2,1-6H3,(H,41,42)/t24-,31?/m1/s1. The third-order valence-electron chi connectivity index (χ3n) is 8.46. The summed E-state index contributed by atoms with van der Waals surface area (Å²) in [5.41, 5.74) is 2.72. The fourth-order valence-corrected chi connectivity index (χ4v) is 7.23. The summed E-state index contributed by atoms with van der Waals surface area (Å²) in [6.45, 7) is 12.8. The molecule has 1 fully saturated rings. The number of rotatable bonds is 11.